The summed E-state index contributed by atoms with van der Waals surface area (Å²) in [6, 6.07) is -0.645. The van der Waals surface area contributed by atoms with E-state index in [1.165, 1.54) is 148 Å². The maximum absolute atomic E-state index is 12.5. The molecule has 0 heterocycles. The molecule has 4 heteroatoms. The summed E-state index contributed by atoms with van der Waals surface area (Å²) in [4.78, 5) is 12.5. The fraction of sp³-hybridized carbons (Fsp3) is 0.648. The van der Waals surface area contributed by atoms with Gasteiger partial charge in [0.25, 0.3) is 0 Å². The first kappa shape index (κ1) is 71.3. The van der Waals surface area contributed by atoms with Gasteiger partial charge in [-0.05, 0) is 103 Å². The van der Waals surface area contributed by atoms with E-state index in [2.05, 4.69) is 153 Å². The summed E-state index contributed by atoms with van der Waals surface area (Å²) >= 11 is 0. The summed E-state index contributed by atoms with van der Waals surface area (Å²) in [6.07, 6.45) is 102. The van der Waals surface area contributed by atoms with Crippen molar-refractivity contribution in [1.29, 1.82) is 0 Å². The summed E-state index contributed by atoms with van der Waals surface area (Å²) in [5.41, 5.74) is 0. The second-order valence-corrected chi connectivity index (χ2v) is 20.7. The van der Waals surface area contributed by atoms with Gasteiger partial charge in [0.05, 0.1) is 18.8 Å². The average Bonchev–Trinajstić information content (AvgIpc) is 3.41. The van der Waals surface area contributed by atoms with Gasteiger partial charge in [-0.15, -0.1) is 0 Å². The number of carbonyl (C=O) groups excluding carboxylic acids is 1. The zero-order valence-corrected chi connectivity index (χ0v) is 49.0. The summed E-state index contributed by atoms with van der Waals surface area (Å²) in [7, 11) is 0. The fourth-order valence-electron chi connectivity index (χ4n) is 8.83. The molecular formula is C71H119NO3. The minimum atomic E-state index is -0.859. The maximum atomic E-state index is 12.5. The molecule has 0 fully saturated rings. The van der Waals surface area contributed by atoms with Gasteiger partial charge in [0.1, 0.15) is 0 Å². The first-order chi connectivity index (χ1) is 37.2. The molecule has 0 radical (unpaired) electrons. The highest BCUT2D eigenvalue weighted by molar-refractivity contribution is 5.76. The van der Waals surface area contributed by atoms with Crippen LogP contribution < -0.4 is 5.32 Å². The van der Waals surface area contributed by atoms with Gasteiger partial charge >= 0.3 is 0 Å². The summed E-state index contributed by atoms with van der Waals surface area (Å²) in [6.45, 7) is 4.20. The molecule has 0 aliphatic rings. The SMILES string of the molecule is CC/C=C\C/C=C\C/C=C\C/C=C\C/C=C\C/C=C\C/C=C\C/C=C\C/C=C\C/C=C\C/C=C\CCCCCCCC(=O)NC(CO)C(O)/C=C/CCCCCCCCCCCCCCCCCCCCCCCC. The number of rotatable bonds is 56. The highest BCUT2D eigenvalue weighted by atomic mass is 16.3. The number of hydrogen-bond donors (Lipinski definition) is 3. The molecule has 0 bridgehead atoms. The number of amides is 1. The highest BCUT2D eigenvalue weighted by Crippen LogP contribution is 2.16. The van der Waals surface area contributed by atoms with Gasteiger partial charge < -0.3 is 15.5 Å². The van der Waals surface area contributed by atoms with Crippen molar-refractivity contribution in [1.82, 2.24) is 5.32 Å². The van der Waals surface area contributed by atoms with E-state index in [9.17, 15) is 15.0 Å². The molecule has 0 aromatic carbocycles. The van der Waals surface area contributed by atoms with Gasteiger partial charge in [-0.25, -0.2) is 0 Å². The number of aliphatic hydroxyl groups excluding tert-OH is 2. The molecule has 4 nitrogen and oxygen atoms in total. The number of carbonyl (C=O) groups is 1. The van der Waals surface area contributed by atoms with Crippen molar-refractivity contribution < 1.29 is 15.0 Å². The summed E-state index contributed by atoms with van der Waals surface area (Å²) < 4.78 is 0. The van der Waals surface area contributed by atoms with E-state index in [-0.39, 0.29) is 12.5 Å². The molecule has 0 aromatic rings. The average molecular weight is 1030 g/mol. The van der Waals surface area contributed by atoms with E-state index in [1.54, 1.807) is 6.08 Å². The lowest BCUT2D eigenvalue weighted by molar-refractivity contribution is -0.123. The quantitative estimate of drug-likeness (QED) is 0.0420. The molecule has 1 amide bonds. The Morgan fingerprint density at radius 2 is 0.587 bits per heavy atom. The predicted molar refractivity (Wildman–Crippen MR) is 335 cm³/mol. The molecule has 0 saturated heterocycles. The third kappa shape index (κ3) is 61.0. The van der Waals surface area contributed by atoms with Crippen LogP contribution >= 0.6 is 0 Å². The molecule has 0 aliphatic heterocycles. The number of unbranched alkanes of at least 4 members (excludes halogenated alkanes) is 27. The molecule has 0 saturated carbocycles. The van der Waals surface area contributed by atoms with Crippen LogP contribution in [0.1, 0.15) is 277 Å². The van der Waals surface area contributed by atoms with Gasteiger partial charge in [-0.1, -0.05) is 314 Å². The van der Waals surface area contributed by atoms with Gasteiger partial charge in [0.2, 0.25) is 5.91 Å². The molecule has 2 unspecified atom stereocenters. The zero-order chi connectivity index (χ0) is 54.1. The zero-order valence-electron chi connectivity index (χ0n) is 49.0. The number of hydrogen-bond acceptors (Lipinski definition) is 3. The number of allylic oxidation sites excluding steroid dienone is 23. The Hall–Kier alpha value is -3.73. The molecule has 0 rings (SSSR count). The van der Waals surface area contributed by atoms with Crippen molar-refractivity contribution in [3.8, 4) is 0 Å². The number of aliphatic hydroxyl groups is 2. The lowest BCUT2D eigenvalue weighted by Gasteiger charge is -2.20. The van der Waals surface area contributed by atoms with Crippen LogP contribution in [0.25, 0.3) is 0 Å². The predicted octanol–water partition coefficient (Wildman–Crippen LogP) is 21.5. The molecule has 0 aliphatic carbocycles. The second kappa shape index (κ2) is 64.6. The summed E-state index contributed by atoms with van der Waals surface area (Å²) in [5, 5.41) is 23.2. The first-order valence-corrected chi connectivity index (χ1v) is 31.5. The third-order valence-electron chi connectivity index (χ3n) is 13.6. The van der Waals surface area contributed by atoms with Gasteiger partial charge in [0.15, 0.2) is 0 Å². The van der Waals surface area contributed by atoms with Crippen molar-refractivity contribution in [2.75, 3.05) is 6.61 Å². The largest absolute Gasteiger partial charge is 0.394 e. The monoisotopic (exact) mass is 1030 g/mol. The van der Waals surface area contributed by atoms with E-state index < -0.39 is 12.1 Å². The standard InChI is InChI=1S/C71H119NO3/c1-3-5-7-9-11-13-15-17-19-21-23-25-27-29-30-31-32-33-34-35-36-37-38-39-40-41-42-43-45-47-49-51-53-55-57-59-61-63-65-67-71(75)72-69(68-73)70(74)66-64-62-60-58-56-54-52-50-48-46-44-28-26-24-22-20-18-16-14-12-10-8-6-4-2/h5,7,11,13,17,19,23,25,29-30,32-33,35-36,38-39,41-42,45,47,51,53,64,66,69-70,73-74H,3-4,6,8-10,12,14-16,18,20-22,24,26-28,31,34,37,40,43-44,46,48-50,52,54-63,65,67-68H2,1-2H3,(H,72,75)/b7-5-,13-11-,19-17-,25-23-,30-29-,33-32-,36-35-,39-38-,42-41-,47-45-,53-51-,66-64+. The molecule has 3 N–H and O–H groups in total. The van der Waals surface area contributed by atoms with Crippen LogP contribution in [0.4, 0.5) is 0 Å². The molecule has 2 atom stereocenters. The maximum Gasteiger partial charge on any atom is 0.220 e. The van der Waals surface area contributed by atoms with E-state index in [1.807, 2.05) is 6.08 Å². The highest BCUT2D eigenvalue weighted by Gasteiger charge is 2.18. The van der Waals surface area contributed by atoms with E-state index >= 15 is 0 Å². The van der Waals surface area contributed by atoms with Gasteiger partial charge in [-0.2, -0.15) is 0 Å². The van der Waals surface area contributed by atoms with E-state index in [0.29, 0.717) is 6.42 Å². The van der Waals surface area contributed by atoms with Gasteiger partial charge in [-0.3, -0.25) is 4.79 Å². The van der Waals surface area contributed by atoms with E-state index in [4.69, 9.17) is 0 Å². The van der Waals surface area contributed by atoms with Crippen LogP contribution in [-0.4, -0.2) is 34.9 Å². The lowest BCUT2D eigenvalue weighted by atomic mass is 10.0. The van der Waals surface area contributed by atoms with Crippen molar-refractivity contribution in [2.24, 2.45) is 0 Å². The minimum Gasteiger partial charge on any atom is -0.394 e. The fourth-order valence-corrected chi connectivity index (χ4v) is 8.83. The van der Waals surface area contributed by atoms with Crippen LogP contribution in [0.5, 0.6) is 0 Å². The molecule has 0 spiro atoms. The van der Waals surface area contributed by atoms with Crippen molar-refractivity contribution in [3.63, 3.8) is 0 Å². The second-order valence-electron chi connectivity index (χ2n) is 20.7. The summed E-state index contributed by atoms with van der Waals surface area (Å²) in [5.74, 6) is -0.0863. The molecule has 0 aromatic heterocycles. The first-order valence-electron chi connectivity index (χ1n) is 31.5. The van der Waals surface area contributed by atoms with Crippen LogP contribution in [0.2, 0.25) is 0 Å². The number of nitrogens with one attached hydrogen (secondary N) is 1. The van der Waals surface area contributed by atoms with Crippen molar-refractivity contribution in [3.05, 3.63) is 146 Å². The Balaban J connectivity index is 3.65. The lowest BCUT2D eigenvalue weighted by Crippen LogP contribution is -2.45. The van der Waals surface area contributed by atoms with Crippen molar-refractivity contribution in [2.45, 2.75) is 289 Å². The van der Waals surface area contributed by atoms with Crippen LogP contribution in [0.3, 0.4) is 0 Å². The Morgan fingerprint density at radius 3 is 0.880 bits per heavy atom. The normalized spacial score (nSPS) is 13.8. The third-order valence-corrected chi connectivity index (χ3v) is 13.6. The topological polar surface area (TPSA) is 69.6 Å². The smallest absolute Gasteiger partial charge is 0.220 e. The molecule has 75 heavy (non-hydrogen) atoms. The Labute approximate surface area is 465 Å². The Bertz CT molecular complexity index is 1550. The minimum absolute atomic E-state index is 0.0863. The van der Waals surface area contributed by atoms with Gasteiger partial charge in [0, 0.05) is 6.42 Å². The van der Waals surface area contributed by atoms with E-state index in [0.717, 1.165) is 109 Å². The van der Waals surface area contributed by atoms with Crippen molar-refractivity contribution >= 4 is 5.91 Å². The Kier molecular flexibility index (Phi) is 61.3. The molecular weight excluding hydrogens is 915 g/mol. The van der Waals surface area contributed by atoms with Crippen LogP contribution in [0, 0.1) is 0 Å². The molecule has 426 valence electrons. The Morgan fingerprint density at radius 1 is 0.333 bits per heavy atom. The van der Waals surface area contributed by atoms with Crippen LogP contribution in [0.15, 0.2) is 146 Å². The van der Waals surface area contributed by atoms with Crippen LogP contribution in [-0.2, 0) is 4.79 Å².